The number of amides is 2. The Balaban J connectivity index is 1.25. The molecule has 2 aliphatic rings. The van der Waals surface area contributed by atoms with E-state index in [9.17, 15) is 27.2 Å². The number of carbonyl (C=O) groups excluding carboxylic acids is 2. The van der Waals surface area contributed by atoms with E-state index < -0.39 is 23.5 Å². The molecule has 1 saturated heterocycles. The van der Waals surface area contributed by atoms with Crippen molar-refractivity contribution in [3.05, 3.63) is 76.8 Å². The zero-order valence-corrected chi connectivity index (χ0v) is 17.5. The van der Waals surface area contributed by atoms with Crippen molar-refractivity contribution in [2.75, 3.05) is 19.6 Å². The molecule has 2 aliphatic heterocycles. The first-order valence-electron chi connectivity index (χ1n) is 10.3. The van der Waals surface area contributed by atoms with E-state index in [1.54, 1.807) is 34.2 Å². The highest BCUT2D eigenvalue weighted by atomic mass is 19.4. The number of alkyl halides is 3. The number of nitrogens with zero attached hydrogens (tertiary/aromatic N) is 4. The topological polar surface area (TPSA) is 82.2 Å². The number of aromatic nitrogens is 3. The van der Waals surface area contributed by atoms with Crippen LogP contribution in [0.4, 0.5) is 17.6 Å². The molecule has 0 saturated carbocycles. The highest BCUT2D eigenvalue weighted by Gasteiger charge is 2.37. The first-order valence-corrected chi connectivity index (χ1v) is 10.3. The normalized spacial score (nSPS) is 18.1. The summed E-state index contributed by atoms with van der Waals surface area (Å²) in [4.78, 5) is 28.6. The molecule has 0 radical (unpaired) electrons. The molecule has 0 aliphatic carbocycles. The number of rotatable bonds is 3. The fourth-order valence-corrected chi connectivity index (χ4v) is 4.20. The number of carbonyl (C=O) groups is 2. The molecule has 0 unspecified atom stereocenters. The van der Waals surface area contributed by atoms with Crippen LogP contribution in [0, 0.1) is 11.7 Å². The molecular formula is C23H17F4N5O2. The number of fused-ring (bicyclic) bond motifs is 2. The van der Waals surface area contributed by atoms with Gasteiger partial charge >= 0.3 is 6.18 Å². The lowest BCUT2D eigenvalue weighted by atomic mass is 10.1. The maximum absolute atomic E-state index is 13.5. The Morgan fingerprint density at radius 3 is 2.71 bits per heavy atom. The molecule has 1 aromatic heterocycles. The Kier molecular flexibility index (Phi) is 5.18. The van der Waals surface area contributed by atoms with Gasteiger partial charge in [0.25, 0.3) is 5.91 Å². The molecule has 11 heteroatoms. The lowest BCUT2D eigenvalue weighted by Crippen LogP contribution is -2.32. The summed E-state index contributed by atoms with van der Waals surface area (Å²) in [6.45, 7) is 1.09. The minimum atomic E-state index is -4.68. The standard InChI is InChI=1S/C23H17F4N5O2/c24-18-6-13(5-17(8-18)23(25,26)27)1-4-21(33)31-9-15-11-32(12-16(15)10-31)22(34)14-2-3-19-20(7-14)29-30-28-19/h1-8,11,16H,9-10,12H2,(H,28,29,30)/b4-1+/t16-/m1/s1. The minimum absolute atomic E-state index is 0.0249. The van der Waals surface area contributed by atoms with Gasteiger partial charge in [0.1, 0.15) is 11.3 Å². The van der Waals surface area contributed by atoms with Crippen LogP contribution < -0.4 is 0 Å². The van der Waals surface area contributed by atoms with Crippen molar-refractivity contribution in [3.8, 4) is 0 Å². The van der Waals surface area contributed by atoms with Crippen molar-refractivity contribution in [1.29, 1.82) is 0 Å². The molecular weight excluding hydrogens is 454 g/mol. The minimum Gasteiger partial charge on any atom is -0.334 e. The van der Waals surface area contributed by atoms with Crippen LogP contribution in [0.2, 0.25) is 0 Å². The molecule has 3 heterocycles. The molecule has 7 nitrogen and oxygen atoms in total. The molecule has 174 valence electrons. The number of H-pyrrole nitrogens is 1. The Labute approximate surface area is 190 Å². The van der Waals surface area contributed by atoms with Crippen LogP contribution in [-0.4, -0.2) is 56.7 Å². The summed E-state index contributed by atoms with van der Waals surface area (Å²) in [5, 5.41) is 10.3. The van der Waals surface area contributed by atoms with Crippen molar-refractivity contribution >= 4 is 28.9 Å². The quantitative estimate of drug-likeness (QED) is 0.467. The molecule has 1 fully saturated rings. The van der Waals surface area contributed by atoms with Crippen molar-refractivity contribution in [1.82, 2.24) is 25.2 Å². The second-order valence-corrected chi connectivity index (χ2v) is 8.23. The van der Waals surface area contributed by atoms with Crippen molar-refractivity contribution in [3.63, 3.8) is 0 Å². The molecule has 0 spiro atoms. The van der Waals surface area contributed by atoms with Gasteiger partial charge in [-0.1, -0.05) is 5.21 Å². The second kappa shape index (κ2) is 8.08. The highest BCUT2D eigenvalue weighted by Crippen LogP contribution is 2.32. The number of halogens is 4. The average molecular weight is 471 g/mol. The summed E-state index contributed by atoms with van der Waals surface area (Å²) in [5.74, 6) is -1.64. The third-order valence-corrected chi connectivity index (χ3v) is 5.89. The average Bonchev–Trinajstić information content (AvgIpc) is 3.50. The number of nitrogens with one attached hydrogen (secondary N) is 1. The van der Waals surface area contributed by atoms with Crippen molar-refractivity contribution < 1.29 is 27.2 Å². The molecule has 5 rings (SSSR count). The van der Waals surface area contributed by atoms with Gasteiger partial charge in [0.2, 0.25) is 5.91 Å². The zero-order valence-electron chi connectivity index (χ0n) is 17.5. The first kappa shape index (κ1) is 21.8. The van der Waals surface area contributed by atoms with Crippen LogP contribution in [0.15, 0.2) is 54.2 Å². The van der Waals surface area contributed by atoms with Crippen molar-refractivity contribution in [2.45, 2.75) is 6.18 Å². The van der Waals surface area contributed by atoms with Gasteiger partial charge in [-0.2, -0.15) is 13.2 Å². The van der Waals surface area contributed by atoms with E-state index >= 15 is 0 Å². The predicted octanol–water partition coefficient (Wildman–Crippen LogP) is 3.63. The third-order valence-electron chi connectivity index (χ3n) is 5.89. The highest BCUT2D eigenvalue weighted by molar-refractivity contribution is 5.98. The van der Waals surface area contributed by atoms with Crippen molar-refractivity contribution in [2.24, 2.45) is 5.92 Å². The zero-order chi connectivity index (χ0) is 24.0. The number of likely N-dealkylation sites (tertiary alicyclic amines) is 1. The molecule has 2 amide bonds. The lowest BCUT2D eigenvalue weighted by molar-refractivity contribution is -0.137. The van der Waals surface area contributed by atoms with Crippen LogP contribution in [0.3, 0.4) is 0 Å². The summed E-state index contributed by atoms with van der Waals surface area (Å²) < 4.78 is 52.1. The number of hydrogen-bond donors (Lipinski definition) is 1. The molecule has 1 N–H and O–H groups in total. The van der Waals surface area contributed by atoms with E-state index in [0.29, 0.717) is 36.8 Å². The fourth-order valence-electron chi connectivity index (χ4n) is 4.20. The summed E-state index contributed by atoms with van der Waals surface area (Å²) >= 11 is 0. The summed E-state index contributed by atoms with van der Waals surface area (Å²) in [7, 11) is 0. The number of hydrogen-bond acceptors (Lipinski definition) is 4. The van der Waals surface area contributed by atoms with E-state index in [0.717, 1.165) is 29.3 Å². The largest absolute Gasteiger partial charge is 0.416 e. The van der Waals surface area contributed by atoms with Crippen LogP contribution in [0.1, 0.15) is 21.5 Å². The molecule has 3 aromatic rings. The predicted molar refractivity (Wildman–Crippen MR) is 114 cm³/mol. The van der Waals surface area contributed by atoms with E-state index in [2.05, 4.69) is 15.4 Å². The van der Waals surface area contributed by atoms with Gasteiger partial charge in [-0.25, -0.2) is 4.39 Å². The van der Waals surface area contributed by atoms with Gasteiger partial charge in [0.15, 0.2) is 0 Å². The van der Waals surface area contributed by atoms with Crippen LogP contribution in [0.25, 0.3) is 17.1 Å². The lowest BCUT2D eigenvalue weighted by Gasteiger charge is -2.19. The van der Waals surface area contributed by atoms with E-state index in [-0.39, 0.29) is 17.4 Å². The molecule has 1 atom stereocenters. The van der Waals surface area contributed by atoms with Gasteiger partial charge in [-0.05, 0) is 53.6 Å². The van der Waals surface area contributed by atoms with Crippen LogP contribution >= 0.6 is 0 Å². The van der Waals surface area contributed by atoms with Crippen LogP contribution in [0.5, 0.6) is 0 Å². The number of aromatic amines is 1. The second-order valence-electron chi connectivity index (χ2n) is 8.23. The Morgan fingerprint density at radius 1 is 1.12 bits per heavy atom. The SMILES string of the molecule is O=C(c1ccc2[nH]nnc2c1)N1C=C2CN(C(=O)/C=C/c3cc(F)cc(C(F)(F)F)c3)C[C@@H]2C1. The van der Waals surface area contributed by atoms with Gasteiger partial charge in [0.05, 0.1) is 11.1 Å². The third kappa shape index (κ3) is 4.16. The van der Waals surface area contributed by atoms with E-state index in [1.165, 1.54) is 6.08 Å². The van der Waals surface area contributed by atoms with Gasteiger partial charge < -0.3 is 9.80 Å². The summed E-state index contributed by atoms with van der Waals surface area (Å²) in [5.41, 5.74) is 1.53. The molecule has 0 bridgehead atoms. The smallest absolute Gasteiger partial charge is 0.334 e. The Morgan fingerprint density at radius 2 is 1.94 bits per heavy atom. The van der Waals surface area contributed by atoms with Crippen LogP contribution in [-0.2, 0) is 11.0 Å². The van der Waals surface area contributed by atoms with E-state index in [1.807, 2.05) is 0 Å². The maximum atomic E-state index is 13.5. The monoisotopic (exact) mass is 471 g/mol. The van der Waals surface area contributed by atoms with Gasteiger partial charge in [-0.15, -0.1) is 5.10 Å². The maximum Gasteiger partial charge on any atom is 0.416 e. The van der Waals surface area contributed by atoms with Gasteiger partial charge in [-0.3, -0.25) is 14.7 Å². The molecule has 2 aromatic carbocycles. The summed E-state index contributed by atoms with van der Waals surface area (Å²) in [6.07, 6.45) is -0.650. The Hall–Kier alpha value is -4.02. The fraction of sp³-hybridized carbons (Fsp3) is 0.217. The Bertz CT molecular complexity index is 1360. The first-order chi connectivity index (χ1) is 16.2. The molecule has 34 heavy (non-hydrogen) atoms. The van der Waals surface area contributed by atoms with E-state index in [4.69, 9.17) is 0 Å². The van der Waals surface area contributed by atoms with Gasteiger partial charge in [0, 0.05) is 43.4 Å². The number of benzene rings is 2. The summed E-state index contributed by atoms with van der Waals surface area (Å²) in [6, 6.07) is 7.20.